The summed E-state index contributed by atoms with van der Waals surface area (Å²) in [6, 6.07) is 12.5. The van der Waals surface area contributed by atoms with Gasteiger partial charge in [-0.3, -0.25) is 9.59 Å². The standard InChI is InChI=1S/C27H34Cl2N2O3/c1-18(2)21-10-12-23(13-11-21)34-17-26(32)31(16-20-9-14-24(28)25(29)15-20)19(3)27(33)30-22-7-5-4-6-8-22/h9-15,18-19,22H,4-8,16-17H2,1-3H3,(H,30,33)/t19-/m0/s1. The Kier molecular flexibility index (Phi) is 9.66. The SMILES string of the molecule is CC(C)c1ccc(OCC(=O)N(Cc2ccc(Cl)c(Cl)c2)[C@@H](C)C(=O)NC2CCCCC2)cc1. The Labute approximate surface area is 212 Å². The van der Waals surface area contributed by atoms with Gasteiger partial charge in [-0.15, -0.1) is 0 Å². The fourth-order valence-corrected chi connectivity index (χ4v) is 4.48. The fourth-order valence-electron chi connectivity index (χ4n) is 4.16. The van der Waals surface area contributed by atoms with Crippen LogP contribution in [0.25, 0.3) is 0 Å². The minimum absolute atomic E-state index is 0.151. The molecule has 1 fully saturated rings. The van der Waals surface area contributed by atoms with Crippen molar-refractivity contribution in [3.8, 4) is 5.75 Å². The summed E-state index contributed by atoms with van der Waals surface area (Å²) in [5.41, 5.74) is 1.99. The third-order valence-corrected chi connectivity index (χ3v) is 7.10. The van der Waals surface area contributed by atoms with E-state index < -0.39 is 6.04 Å². The summed E-state index contributed by atoms with van der Waals surface area (Å²) in [4.78, 5) is 27.8. The van der Waals surface area contributed by atoms with Crippen molar-refractivity contribution in [3.05, 3.63) is 63.6 Å². The minimum atomic E-state index is -0.657. The van der Waals surface area contributed by atoms with Gasteiger partial charge in [0.05, 0.1) is 10.0 Å². The maximum atomic E-state index is 13.2. The lowest BCUT2D eigenvalue weighted by Gasteiger charge is -2.31. The maximum absolute atomic E-state index is 13.2. The molecule has 1 saturated carbocycles. The predicted molar refractivity (Wildman–Crippen MR) is 138 cm³/mol. The first-order chi connectivity index (χ1) is 16.2. The highest BCUT2D eigenvalue weighted by molar-refractivity contribution is 6.42. The largest absolute Gasteiger partial charge is 0.484 e. The number of ether oxygens (including phenoxy) is 1. The van der Waals surface area contributed by atoms with E-state index in [1.165, 1.54) is 12.0 Å². The monoisotopic (exact) mass is 504 g/mol. The van der Waals surface area contributed by atoms with Gasteiger partial charge in [-0.2, -0.15) is 0 Å². The molecule has 7 heteroatoms. The molecular formula is C27H34Cl2N2O3. The van der Waals surface area contributed by atoms with Crippen LogP contribution >= 0.6 is 23.2 Å². The fraction of sp³-hybridized carbons (Fsp3) is 0.481. The molecule has 34 heavy (non-hydrogen) atoms. The molecule has 184 valence electrons. The quantitative estimate of drug-likeness (QED) is 0.431. The van der Waals surface area contributed by atoms with Crippen LogP contribution in [0.1, 0.15) is 69.9 Å². The number of rotatable bonds is 9. The summed E-state index contributed by atoms with van der Waals surface area (Å²) in [7, 11) is 0. The predicted octanol–water partition coefficient (Wildman–Crippen LogP) is 6.36. The highest BCUT2D eigenvalue weighted by Gasteiger charge is 2.28. The van der Waals surface area contributed by atoms with Gasteiger partial charge in [0.1, 0.15) is 11.8 Å². The number of carbonyl (C=O) groups is 2. The number of halogens is 2. The van der Waals surface area contributed by atoms with Crippen LogP contribution in [0.4, 0.5) is 0 Å². The normalized spacial score (nSPS) is 15.1. The smallest absolute Gasteiger partial charge is 0.261 e. The molecule has 0 bridgehead atoms. The molecule has 0 saturated heterocycles. The van der Waals surface area contributed by atoms with Gasteiger partial charge >= 0.3 is 0 Å². The second kappa shape index (κ2) is 12.5. The van der Waals surface area contributed by atoms with Gasteiger partial charge in [-0.05, 0) is 61.1 Å². The summed E-state index contributed by atoms with van der Waals surface area (Å²) in [6.07, 6.45) is 5.41. The summed E-state index contributed by atoms with van der Waals surface area (Å²) in [5, 5.41) is 3.98. The molecule has 5 nitrogen and oxygen atoms in total. The van der Waals surface area contributed by atoms with Crippen molar-refractivity contribution in [2.45, 2.75) is 77.4 Å². The van der Waals surface area contributed by atoms with E-state index in [1.54, 1.807) is 24.0 Å². The van der Waals surface area contributed by atoms with Crippen molar-refractivity contribution in [2.75, 3.05) is 6.61 Å². The molecule has 1 aliphatic carbocycles. The molecule has 1 N–H and O–H groups in total. The molecule has 1 aliphatic rings. The Morgan fingerprint density at radius 3 is 2.29 bits per heavy atom. The minimum Gasteiger partial charge on any atom is -0.484 e. The molecule has 0 unspecified atom stereocenters. The van der Waals surface area contributed by atoms with Gasteiger partial charge in [0.15, 0.2) is 6.61 Å². The highest BCUT2D eigenvalue weighted by Crippen LogP contribution is 2.24. The van der Waals surface area contributed by atoms with Gasteiger partial charge in [0, 0.05) is 12.6 Å². The van der Waals surface area contributed by atoms with Gasteiger partial charge in [0.2, 0.25) is 5.91 Å². The van der Waals surface area contributed by atoms with E-state index in [2.05, 4.69) is 19.2 Å². The van der Waals surface area contributed by atoms with Crippen molar-refractivity contribution in [1.82, 2.24) is 10.2 Å². The summed E-state index contributed by atoms with van der Waals surface area (Å²) in [6.45, 7) is 6.07. The van der Waals surface area contributed by atoms with E-state index >= 15 is 0 Å². The molecule has 0 aromatic heterocycles. The summed E-state index contributed by atoms with van der Waals surface area (Å²) >= 11 is 12.2. The van der Waals surface area contributed by atoms with Crippen LogP contribution in [-0.2, 0) is 16.1 Å². The van der Waals surface area contributed by atoms with Crippen LogP contribution in [0, 0.1) is 0 Å². The Bertz CT molecular complexity index is 972. The molecule has 0 radical (unpaired) electrons. The number of nitrogens with zero attached hydrogens (tertiary/aromatic N) is 1. The number of hydrogen-bond donors (Lipinski definition) is 1. The number of carbonyl (C=O) groups excluding carboxylic acids is 2. The Morgan fingerprint density at radius 1 is 1.00 bits per heavy atom. The zero-order valence-electron chi connectivity index (χ0n) is 20.2. The molecule has 0 spiro atoms. The van der Waals surface area contributed by atoms with E-state index in [4.69, 9.17) is 27.9 Å². The third kappa shape index (κ3) is 7.38. The van der Waals surface area contributed by atoms with Gasteiger partial charge < -0.3 is 15.0 Å². The topological polar surface area (TPSA) is 58.6 Å². The van der Waals surface area contributed by atoms with E-state index in [-0.39, 0.29) is 31.0 Å². The third-order valence-electron chi connectivity index (χ3n) is 6.36. The second-order valence-electron chi connectivity index (χ2n) is 9.30. The molecular weight excluding hydrogens is 471 g/mol. The zero-order valence-corrected chi connectivity index (χ0v) is 21.7. The van der Waals surface area contributed by atoms with Crippen molar-refractivity contribution < 1.29 is 14.3 Å². The second-order valence-corrected chi connectivity index (χ2v) is 10.1. The summed E-state index contributed by atoms with van der Waals surface area (Å²) in [5.74, 6) is 0.611. The van der Waals surface area contributed by atoms with Crippen LogP contribution in [0.3, 0.4) is 0 Å². The average molecular weight is 505 g/mol. The van der Waals surface area contributed by atoms with E-state index in [0.717, 1.165) is 31.2 Å². The first kappa shape index (κ1) is 26.4. The molecule has 3 rings (SSSR count). The first-order valence-electron chi connectivity index (χ1n) is 12.0. The van der Waals surface area contributed by atoms with Crippen LogP contribution in [0.5, 0.6) is 5.75 Å². The van der Waals surface area contributed by atoms with Crippen molar-refractivity contribution in [3.63, 3.8) is 0 Å². The number of nitrogens with one attached hydrogen (secondary N) is 1. The van der Waals surface area contributed by atoms with Crippen molar-refractivity contribution in [2.24, 2.45) is 0 Å². The van der Waals surface area contributed by atoms with Gasteiger partial charge in [-0.25, -0.2) is 0 Å². The Hall–Kier alpha value is -2.24. The average Bonchev–Trinajstić information content (AvgIpc) is 2.83. The molecule has 1 atom stereocenters. The van der Waals surface area contributed by atoms with Crippen molar-refractivity contribution >= 4 is 35.0 Å². The lowest BCUT2D eigenvalue weighted by atomic mass is 9.95. The Balaban J connectivity index is 1.71. The Morgan fingerprint density at radius 2 is 1.68 bits per heavy atom. The lowest BCUT2D eigenvalue weighted by Crippen LogP contribution is -2.51. The van der Waals surface area contributed by atoms with Crippen molar-refractivity contribution in [1.29, 1.82) is 0 Å². The number of hydrogen-bond acceptors (Lipinski definition) is 3. The van der Waals surface area contributed by atoms with E-state index in [1.807, 2.05) is 30.3 Å². The molecule has 2 aromatic carbocycles. The van der Waals surface area contributed by atoms with E-state index in [9.17, 15) is 9.59 Å². The van der Waals surface area contributed by atoms with Crippen LogP contribution in [-0.4, -0.2) is 35.4 Å². The van der Waals surface area contributed by atoms with Crippen LogP contribution in [0.15, 0.2) is 42.5 Å². The van der Waals surface area contributed by atoms with Gasteiger partial charge in [0.25, 0.3) is 5.91 Å². The molecule has 0 heterocycles. The van der Waals surface area contributed by atoms with Crippen LogP contribution < -0.4 is 10.1 Å². The van der Waals surface area contributed by atoms with Gasteiger partial charge in [-0.1, -0.05) is 74.5 Å². The summed E-state index contributed by atoms with van der Waals surface area (Å²) < 4.78 is 5.77. The number of amides is 2. The zero-order chi connectivity index (χ0) is 24.7. The van der Waals surface area contributed by atoms with E-state index in [0.29, 0.717) is 21.7 Å². The highest BCUT2D eigenvalue weighted by atomic mass is 35.5. The lowest BCUT2D eigenvalue weighted by molar-refractivity contribution is -0.142. The molecule has 2 aromatic rings. The maximum Gasteiger partial charge on any atom is 0.261 e. The van der Waals surface area contributed by atoms with Crippen LogP contribution in [0.2, 0.25) is 10.0 Å². The number of benzene rings is 2. The molecule has 0 aliphatic heterocycles. The molecule has 2 amide bonds. The first-order valence-corrected chi connectivity index (χ1v) is 12.8.